The Bertz CT molecular complexity index is 1450. The molecule has 11 nitrogen and oxygen atoms in total. The Morgan fingerprint density at radius 3 is 2.97 bits per heavy atom. The summed E-state index contributed by atoms with van der Waals surface area (Å²) in [4.78, 5) is 30.2. The third-order valence-electron chi connectivity index (χ3n) is 4.74. The number of fused-ring (bicyclic) bond motifs is 2. The number of furan rings is 1. The first-order chi connectivity index (χ1) is 15.0. The van der Waals surface area contributed by atoms with E-state index in [0.717, 1.165) is 5.39 Å². The molecule has 0 unspecified atom stereocenters. The summed E-state index contributed by atoms with van der Waals surface area (Å²) in [6.45, 7) is 0.0198. The van der Waals surface area contributed by atoms with Crippen LogP contribution in [0.5, 0.6) is 0 Å². The normalized spacial score (nSPS) is 12.5. The Hall–Kier alpha value is -3.90. The van der Waals surface area contributed by atoms with E-state index in [4.69, 9.17) is 10.2 Å². The van der Waals surface area contributed by atoms with E-state index in [1.165, 1.54) is 32.4 Å². The molecular weight excluding hydrogens is 422 g/mol. The van der Waals surface area contributed by atoms with Gasteiger partial charge in [0.05, 0.1) is 30.4 Å². The van der Waals surface area contributed by atoms with Crippen molar-refractivity contribution in [1.29, 1.82) is 0 Å². The summed E-state index contributed by atoms with van der Waals surface area (Å²) < 4.78 is 6.93. The van der Waals surface area contributed by atoms with E-state index in [9.17, 15) is 14.7 Å². The second-order valence-corrected chi connectivity index (χ2v) is 7.69. The molecule has 0 saturated carbocycles. The van der Waals surface area contributed by atoms with E-state index >= 15 is 0 Å². The third-order valence-corrected chi connectivity index (χ3v) is 5.63. The first-order valence-electron chi connectivity index (χ1n) is 9.19. The van der Waals surface area contributed by atoms with E-state index in [2.05, 4.69) is 20.4 Å². The highest BCUT2D eigenvalue weighted by molar-refractivity contribution is 7.17. The molecule has 0 fully saturated rings. The van der Waals surface area contributed by atoms with Crippen LogP contribution >= 0.6 is 11.3 Å². The molecule has 5 aromatic rings. The van der Waals surface area contributed by atoms with Gasteiger partial charge in [0, 0.05) is 10.8 Å². The highest BCUT2D eigenvalue weighted by Crippen LogP contribution is 2.24. The fourth-order valence-electron chi connectivity index (χ4n) is 3.24. The van der Waals surface area contributed by atoms with Crippen LogP contribution < -0.4 is 11.3 Å². The minimum absolute atomic E-state index is 0.00342. The number of nitrogens with zero attached hydrogens (tertiary/aromatic N) is 6. The van der Waals surface area contributed by atoms with Crippen LogP contribution in [0.4, 0.5) is 0 Å². The van der Waals surface area contributed by atoms with Gasteiger partial charge in [0.2, 0.25) is 5.91 Å². The Morgan fingerprint density at radius 2 is 2.16 bits per heavy atom. The van der Waals surface area contributed by atoms with Crippen LogP contribution in [0.1, 0.15) is 28.0 Å². The molecule has 0 aliphatic rings. The molecule has 0 aliphatic carbocycles. The first kappa shape index (κ1) is 19.1. The van der Waals surface area contributed by atoms with Gasteiger partial charge in [-0.1, -0.05) is 18.2 Å². The van der Waals surface area contributed by atoms with Gasteiger partial charge in [-0.05, 0) is 17.3 Å². The lowest BCUT2D eigenvalue weighted by atomic mass is 10.2. The Balaban J connectivity index is 1.36. The molecule has 4 aromatic heterocycles. The van der Waals surface area contributed by atoms with Crippen LogP contribution in [0.15, 0.2) is 51.3 Å². The zero-order valence-electron chi connectivity index (χ0n) is 15.9. The van der Waals surface area contributed by atoms with Crippen molar-refractivity contribution in [2.45, 2.75) is 19.2 Å². The number of rotatable bonds is 6. The lowest BCUT2D eigenvalue weighted by molar-refractivity contribution is 0.100. The second kappa shape index (κ2) is 7.41. The van der Waals surface area contributed by atoms with Gasteiger partial charge < -0.3 is 15.3 Å². The number of nitrogens with two attached hydrogens (primary N) is 1. The fourth-order valence-corrected chi connectivity index (χ4v) is 4.13. The first-order valence-corrected chi connectivity index (χ1v) is 10.1. The lowest BCUT2D eigenvalue weighted by Gasteiger charge is -2.05. The largest absolute Gasteiger partial charge is 0.458 e. The molecule has 12 heteroatoms. The van der Waals surface area contributed by atoms with Crippen LogP contribution in [0.2, 0.25) is 0 Å². The topological polar surface area (TPSA) is 155 Å². The quantitative estimate of drug-likeness (QED) is 0.400. The fraction of sp³-hybridized carbons (Fsp3) is 0.158. The Labute approximate surface area is 177 Å². The maximum absolute atomic E-state index is 12.8. The molecule has 1 aromatic carbocycles. The van der Waals surface area contributed by atoms with Gasteiger partial charge in [-0.25, -0.2) is 4.98 Å². The Kier molecular flexibility index (Phi) is 4.56. The average molecular weight is 437 g/mol. The van der Waals surface area contributed by atoms with Crippen LogP contribution in [0.25, 0.3) is 21.2 Å². The van der Waals surface area contributed by atoms with Gasteiger partial charge in [0.25, 0.3) is 5.56 Å². The summed E-state index contributed by atoms with van der Waals surface area (Å²) in [6, 6.07) is 9.20. The number of thiophene rings is 1. The third kappa shape index (κ3) is 3.47. The smallest absolute Gasteiger partial charge is 0.263 e. The molecule has 0 radical (unpaired) electrons. The van der Waals surface area contributed by atoms with Crippen molar-refractivity contribution in [3.05, 3.63) is 69.5 Å². The lowest BCUT2D eigenvalue weighted by Crippen LogP contribution is -2.23. The molecule has 0 aliphatic heterocycles. The van der Waals surface area contributed by atoms with Crippen molar-refractivity contribution in [2.75, 3.05) is 0 Å². The summed E-state index contributed by atoms with van der Waals surface area (Å²) in [5.41, 5.74) is 5.73. The van der Waals surface area contributed by atoms with Crippen molar-refractivity contribution in [3.63, 3.8) is 0 Å². The minimum atomic E-state index is -0.973. The van der Waals surface area contributed by atoms with Crippen LogP contribution in [-0.2, 0) is 13.1 Å². The Morgan fingerprint density at radius 1 is 1.32 bits per heavy atom. The van der Waals surface area contributed by atoms with Crippen molar-refractivity contribution < 1.29 is 14.3 Å². The molecule has 0 spiro atoms. The molecule has 4 heterocycles. The number of carbonyl (C=O) groups excluding carboxylic acids is 1. The van der Waals surface area contributed by atoms with E-state index in [0.29, 0.717) is 16.2 Å². The maximum Gasteiger partial charge on any atom is 0.263 e. The number of aliphatic hydroxyl groups is 1. The van der Waals surface area contributed by atoms with Crippen LogP contribution in [0.3, 0.4) is 0 Å². The van der Waals surface area contributed by atoms with Crippen molar-refractivity contribution in [1.82, 2.24) is 29.8 Å². The number of aliphatic hydroxyl groups excluding tert-OH is 1. The number of benzene rings is 1. The second-order valence-electron chi connectivity index (χ2n) is 6.83. The summed E-state index contributed by atoms with van der Waals surface area (Å²) in [6.07, 6.45) is 0.384. The standard InChI is InChI=1S/C19H15N7O4S/c20-17(28)11-8-31-18-16(11)19(29)25(9-21-18)7-15-22-24-26(23-15)6-12(27)14-5-10-3-1-2-4-13(10)30-14/h1-5,8-9,12,27H,6-7H2,(H2,20,28)/t12-/m0/s1. The molecule has 156 valence electrons. The molecule has 5 rings (SSSR count). The number of para-hydroxylation sites is 1. The van der Waals surface area contributed by atoms with Crippen molar-refractivity contribution in [3.8, 4) is 0 Å². The molecule has 0 saturated heterocycles. The number of carbonyl (C=O) groups is 1. The number of hydrogen-bond acceptors (Lipinski definition) is 9. The van der Waals surface area contributed by atoms with Gasteiger partial charge in [0.15, 0.2) is 5.82 Å². The monoisotopic (exact) mass is 437 g/mol. The average Bonchev–Trinajstić information content (AvgIpc) is 3.47. The van der Waals surface area contributed by atoms with Gasteiger partial charge in [-0.3, -0.25) is 14.2 Å². The highest BCUT2D eigenvalue weighted by Gasteiger charge is 2.18. The molecular formula is C19H15N7O4S. The van der Waals surface area contributed by atoms with Gasteiger partial charge >= 0.3 is 0 Å². The van der Waals surface area contributed by atoms with Gasteiger partial charge in [-0.15, -0.1) is 21.5 Å². The van der Waals surface area contributed by atoms with Crippen molar-refractivity contribution >= 4 is 38.4 Å². The van der Waals surface area contributed by atoms with E-state index < -0.39 is 17.6 Å². The molecule has 1 atom stereocenters. The van der Waals surface area contributed by atoms with Gasteiger partial charge in [-0.2, -0.15) is 4.80 Å². The summed E-state index contributed by atoms with van der Waals surface area (Å²) in [5.74, 6) is -0.0511. The number of aromatic nitrogens is 6. The van der Waals surface area contributed by atoms with Crippen molar-refractivity contribution in [2.24, 2.45) is 5.73 Å². The zero-order valence-corrected chi connectivity index (χ0v) is 16.7. The van der Waals surface area contributed by atoms with Gasteiger partial charge in [0.1, 0.15) is 22.3 Å². The summed E-state index contributed by atoms with van der Waals surface area (Å²) >= 11 is 1.17. The van der Waals surface area contributed by atoms with Crippen LogP contribution in [-0.4, -0.2) is 40.8 Å². The number of primary amides is 1. The van der Waals surface area contributed by atoms with E-state index in [1.807, 2.05) is 24.3 Å². The number of amides is 1. The minimum Gasteiger partial charge on any atom is -0.458 e. The zero-order chi connectivity index (χ0) is 21.5. The number of tetrazole rings is 1. The summed E-state index contributed by atoms with van der Waals surface area (Å²) in [7, 11) is 0. The molecule has 1 amide bonds. The molecule has 3 N–H and O–H groups in total. The maximum atomic E-state index is 12.8. The molecule has 31 heavy (non-hydrogen) atoms. The van der Waals surface area contributed by atoms with Crippen LogP contribution in [0, 0.1) is 0 Å². The van der Waals surface area contributed by atoms with E-state index in [-0.39, 0.29) is 29.9 Å². The summed E-state index contributed by atoms with van der Waals surface area (Å²) in [5, 5.41) is 25.1. The molecule has 0 bridgehead atoms. The number of hydrogen-bond donors (Lipinski definition) is 2. The highest BCUT2D eigenvalue weighted by atomic mass is 32.1. The van der Waals surface area contributed by atoms with E-state index in [1.54, 1.807) is 6.07 Å². The SMILES string of the molecule is NC(=O)c1csc2ncn(Cc3nnn(C[C@H](O)c4cc5ccccc5o4)n3)c(=O)c12. The predicted molar refractivity (Wildman–Crippen MR) is 110 cm³/mol. The predicted octanol–water partition coefficient (Wildman–Crippen LogP) is 1.07.